The molecule has 7 nitrogen and oxygen atoms in total. The topological polar surface area (TPSA) is 76.2 Å². The van der Waals surface area contributed by atoms with Crippen LogP contribution in [0.2, 0.25) is 0 Å². The van der Waals surface area contributed by atoms with E-state index >= 15 is 0 Å². The van der Waals surface area contributed by atoms with Crippen LogP contribution < -0.4 is 0 Å². The highest BCUT2D eigenvalue weighted by molar-refractivity contribution is 7.98. The molecule has 0 spiro atoms. The summed E-state index contributed by atoms with van der Waals surface area (Å²) in [7, 11) is 0. The van der Waals surface area contributed by atoms with Gasteiger partial charge in [0.05, 0.1) is 6.04 Å². The first-order valence-corrected chi connectivity index (χ1v) is 15.9. The average Bonchev–Trinajstić information content (AvgIpc) is 3.62. The average molecular weight is 601 g/mol. The molecule has 43 heavy (non-hydrogen) atoms. The molecule has 2 saturated heterocycles. The first-order valence-electron chi connectivity index (χ1n) is 14.9. The van der Waals surface area contributed by atoms with Crippen LogP contribution in [0.15, 0.2) is 89.8 Å². The van der Waals surface area contributed by atoms with Gasteiger partial charge in [-0.2, -0.15) is 0 Å². The molecule has 0 N–H and O–H groups in total. The summed E-state index contributed by atoms with van der Waals surface area (Å²) in [5.41, 5.74) is 2.71. The number of cyclic esters (lactones) is 1. The van der Waals surface area contributed by atoms with Crippen molar-refractivity contribution in [2.75, 3.05) is 19.7 Å². The maximum Gasteiger partial charge on any atom is 0.416 e. The quantitative estimate of drug-likeness (QED) is 0.247. The third-order valence-corrected chi connectivity index (χ3v) is 8.94. The van der Waals surface area contributed by atoms with E-state index in [1.54, 1.807) is 16.7 Å². The molecule has 3 amide bonds. The maximum atomic E-state index is 14.3. The van der Waals surface area contributed by atoms with E-state index in [0.717, 1.165) is 21.8 Å². The number of imide groups is 1. The third kappa shape index (κ3) is 8.20. The molecule has 226 valence electrons. The zero-order chi connectivity index (χ0) is 30.4. The number of benzene rings is 3. The summed E-state index contributed by atoms with van der Waals surface area (Å²) >= 11 is 1.75. The van der Waals surface area contributed by atoms with E-state index in [9.17, 15) is 14.4 Å². The Labute approximate surface area is 258 Å². The minimum absolute atomic E-state index is 0.119. The van der Waals surface area contributed by atoms with Gasteiger partial charge in [0.25, 0.3) is 0 Å². The Hall–Kier alpha value is -3.78. The van der Waals surface area contributed by atoms with Gasteiger partial charge in [0, 0.05) is 29.7 Å². The zero-order valence-corrected chi connectivity index (χ0v) is 25.9. The van der Waals surface area contributed by atoms with Crippen LogP contribution in [0.4, 0.5) is 9.59 Å². The molecular formula is C35H40N2O5S. The molecule has 2 heterocycles. The normalized spacial score (nSPS) is 19.3. The Bertz CT molecular complexity index is 1410. The van der Waals surface area contributed by atoms with Crippen LogP contribution in [0.5, 0.6) is 0 Å². The fraction of sp³-hybridized carbons (Fsp3) is 0.400. The van der Waals surface area contributed by atoms with Crippen molar-refractivity contribution in [3.8, 4) is 0 Å². The number of ether oxygens (including phenoxy) is 2. The van der Waals surface area contributed by atoms with E-state index in [-0.39, 0.29) is 30.6 Å². The summed E-state index contributed by atoms with van der Waals surface area (Å²) in [6.45, 7) is 6.62. The van der Waals surface area contributed by atoms with Crippen LogP contribution in [-0.4, -0.2) is 59.2 Å². The lowest BCUT2D eigenvalue weighted by Crippen LogP contribution is -2.46. The Morgan fingerprint density at radius 2 is 1.63 bits per heavy atom. The van der Waals surface area contributed by atoms with Gasteiger partial charge in [0.15, 0.2) is 0 Å². The number of likely N-dealkylation sites (tertiary alicyclic amines) is 1. The third-order valence-electron chi connectivity index (χ3n) is 7.88. The molecule has 8 heteroatoms. The van der Waals surface area contributed by atoms with E-state index in [1.165, 1.54) is 10.5 Å². The van der Waals surface area contributed by atoms with Gasteiger partial charge >= 0.3 is 12.2 Å². The van der Waals surface area contributed by atoms with Gasteiger partial charge in [-0.25, -0.2) is 14.5 Å². The van der Waals surface area contributed by atoms with Crippen LogP contribution in [0.25, 0.3) is 0 Å². The standard InChI is InChI=1S/C35H40N2O5S/c1-35(2,3)42-33(39)36-18-17-28(22-36)31(21-27-15-10-16-30(20-27)43-24-26-13-8-5-9-14-26)32(38)37-29(23-41-34(37)40)19-25-11-6-4-7-12-25/h4-16,20,28-29,31H,17-19,21-24H2,1-3H3/t28-,29-,31-/m0/s1. The van der Waals surface area contributed by atoms with Crippen molar-refractivity contribution >= 4 is 29.9 Å². The molecular weight excluding hydrogens is 560 g/mol. The summed E-state index contributed by atoms with van der Waals surface area (Å²) in [6, 6.07) is 28.1. The number of carbonyl (C=O) groups is 3. The number of hydrogen-bond donors (Lipinski definition) is 0. The second kappa shape index (κ2) is 13.7. The van der Waals surface area contributed by atoms with Crippen molar-refractivity contribution in [3.63, 3.8) is 0 Å². The highest BCUT2D eigenvalue weighted by Gasteiger charge is 2.45. The number of carbonyl (C=O) groups excluding carboxylic acids is 3. The van der Waals surface area contributed by atoms with E-state index < -0.39 is 17.6 Å². The highest BCUT2D eigenvalue weighted by Crippen LogP contribution is 2.33. The lowest BCUT2D eigenvalue weighted by atomic mass is 9.84. The lowest BCUT2D eigenvalue weighted by Gasteiger charge is -2.29. The molecule has 2 aliphatic rings. The van der Waals surface area contributed by atoms with Crippen molar-refractivity contribution in [1.29, 1.82) is 0 Å². The minimum Gasteiger partial charge on any atom is -0.447 e. The number of hydrogen-bond acceptors (Lipinski definition) is 6. The fourth-order valence-corrected chi connectivity index (χ4v) is 6.70. The van der Waals surface area contributed by atoms with Crippen molar-refractivity contribution in [2.24, 2.45) is 11.8 Å². The largest absolute Gasteiger partial charge is 0.447 e. The van der Waals surface area contributed by atoms with E-state index in [1.807, 2.05) is 81.4 Å². The molecule has 0 aromatic heterocycles. The number of nitrogens with zero attached hydrogens (tertiary/aromatic N) is 2. The van der Waals surface area contributed by atoms with Gasteiger partial charge in [-0.05, 0) is 74.8 Å². The van der Waals surface area contributed by atoms with Gasteiger partial charge in [-0.15, -0.1) is 11.8 Å². The van der Waals surface area contributed by atoms with Gasteiger partial charge in [0.1, 0.15) is 12.2 Å². The maximum absolute atomic E-state index is 14.3. The van der Waals surface area contributed by atoms with Crippen LogP contribution in [0.3, 0.4) is 0 Å². The van der Waals surface area contributed by atoms with Gasteiger partial charge < -0.3 is 14.4 Å². The van der Waals surface area contributed by atoms with Gasteiger partial charge in [0.2, 0.25) is 5.91 Å². The van der Waals surface area contributed by atoms with E-state index in [0.29, 0.717) is 32.4 Å². The van der Waals surface area contributed by atoms with Crippen LogP contribution >= 0.6 is 11.8 Å². The molecule has 0 bridgehead atoms. The highest BCUT2D eigenvalue weighted by atomic mass is 32.2. The molecule has 0 radical (unpaired) electrons. The molecule has 3 aromatic rings. The monoisotopic (exact) mass is 600 g/mol. The number of thioether (sulfide) groups is 1. The smallest absolute Gasteiger partial charge is 0.416 e. The van der Waals surface area contributed by atoms with Crippen LogP contribution in [0.1, 0.15) is 43.9 Å². The number of amides is 3. The van der Waals surface area contributed by atoms with Gasteiger partial charge in [-0.3, -0.25) is 4.79 Å². The van der Waals surface area contributed by atoms with Crippen molar-refractivity contribution in [2.45, 2.75) is 62.3 Å². The Balaban J connectivity index is 1.36. The Kier molecular flexibility index (Phi) is 9.76. The molecule has 2 aliphatic heterocycles. The summed E-state index contributed by atoms with van der Waals surface area (Å²) in [6.07, 6.45) is 0.691. The van der Waals surface area contributed by atoms with E-state index in [2.05, 4.69) is 24.3 Å². The lowest BCUT2D eigenvalue weighted by molar-refractivity contribution is -0.135. The van der Waals surface area contributed by atoms with Crippen LogP contribution in [-0.2, 0) is 32.9 Å². The minimum atomic E-state index is -0.605. The molecule has 0 unspecified atom stereocenters. The predicted octanol–water partition coefficient (Wildman–Crippen LogP) is 6.98. The molecule has 0 aliphatic carbocycles. The van der Waals surface area contributed by atoms with Crippen molar-refractivity contribution in [3.05, 3.63) is 102 Å². The number of rotatable bonds is 9. The van der Waals surface area contributed by atoms with Crippen molar-refractivity contribution < 1.29 is 23.9 Å². The predicted molar refractivity (Wildman–Crippen MR) is 168 cm³/mol. The summed E-state index contributed by atoms with van der Waals surface area (Å²) < 4.78 is 11.0. The second-order valence-corrected chi connectivity index (χ2v) is 13.4. The Morgan fingerprint density at radius 3 is 2.33 bits per heavy atom. The molecule has 5 rings (SSSR count). The van der Waals surface area contributed by atoms with Crippen LogP contribution in [0, 0.1) is 11.8 Å². The first-order chi connectivity index (χ1) is 20.7. The molecule has 0 saturated carbocycles. The Morgan fingerprint density at radius 1 is 0.953 bits per heavy atom. The summed E-state index contributed by atoms with van der Waals surface area (Å²) in [4.78, 5) is 44.4. The second-order valence-electron chi connectivity index (χ2n) is 12.3. The SMILES string of the molecule is CC(C)(C)OC(=O)N1CC[C@H]([C@H](Cc2cccc(SCc3ccccc3)c2)C(=O)N2C(=O)OC[C@@H]2Cc2ccccc2)C1. The van der Waals surface area contributed by atoms with Crippen molar-refractivity contribution in [1.82, 2.24) is 9.80 Å². The first kappa shape index (κ1) is 30.7. The molecule has 2 fully saturated rings. The molecule has 3 atom stereocenters. The fourth-order valence-electron chi connectivity index (χ4n) is 5.77. The van der Waals surface area contributed by atoms with E-state index in [4.69, 9.17) is 9.47 Å². The summed E-state index contributed by atoms with van der Waals surface area (Å²) in [5.74, 6) is -0.0000538. The van der Waals surface area contributed by atoms with Gasteiger partial charge in [-0.1, -0.05) is 72.8 Å². The zero-order valence-electron chi connectivity index (χ0n) is 25.1. The summed E-state index contributed by atoms with van der Waals surface area (Å²) in [5, 5.41) is 0. The molecule has 3 aromatic carbocycles.